The van der Waals surface area contributed by atoms with Crippen molar-refractivity contribution >= 4 is 33.1 Å². The third-order valence-electron chi connectivity index (χ3n) is 5.12. The summed E-state index contributed by atoms with van der Waals surface area (Å²) >= 11 is 1.66. The number of aromatic nitrogens is 2. The first-order valence-electron chi connectivity index (χ1n) is 9.20. The summed E-state index contributed by atoms with van der Waals surface area (Å²) in [5, 5.41) is 6.80. The molecule has 0 aliphatic carbocycles. The van der Waals surface area contributed by atoms with E-state index in [0.717, 1.165) is 21.7 Å². The molecule has 0 aliphatic rings. The number of thiophene rings is 1. The Hall–Kier alpha value is -2.72. The van der Waals surface area contributed by atoms with Gasteiger partial charge in [-0.05, 0) is 48.1 Å². The minimum atomic E-state index is 0.531. The highest BCUT2D eigenvalue weighted by Gasteiger charge is 2.14. The molecule has 4 rings (SSSR count). The summed E-state index contributed by atoms with van der Waals surface area (Å²) in [6.07, 6.45) is 1.64. The van der Waals surface area contributed by atoms with Crippen LogP contribution in [0.25, 0.3) is 21.3 Å². The Labute approximate surface area is 164 Å². The van der Waals surface area contributed by atoms with Gasteiger partial charge >= 0.3 is 0 Å². The third kappa shape index (κ3) is 3.33. The van der Waals surface area contributed by atoms with E-state index in [1.807, 2.05) is 0 Å². The number of hydrogen-bond acceptors (Lipinski definition) is 4. The van der Waals surface area contributed by atoms with Gasteiger partial charge in [-0.1, -0.05) is 50.2 Å². The lowest BCUT2D eigenvalue weighted by Gasteiger charge is -2.12. The molecule has 0 atom stereocenters. The average Bonchev–Trinajstić information content (AvgIpc) is 3.11. The van der Waals surface area contributed by atoms with Gasteiger partial charge in [0.05, 0.1) is 5.39 Å². The maximum atomic E-state index is 4.56. The number of hydrogen-bond donors (Lipinski definition) is 1. The molecule has 0 fully saturated rings. The Kier molecular flexibility index (Phi) is 4.66. The predicted octanol–water partition coefficient (Wildman–Crippen LogP) is 6.84. The minimum absolute atomic E-state index is 0.531. The van der Waals surface area contributed by atoms with Gasteiger partial charge in [-0.25, -0.2) is 9.97 Å². The van der Waals surface area contributed by atoms with Gasteiger partial charge in [0.15, 0.2) is 0 Å². The number of fused-ring (bicyclic) bond motifs is 1. The standard InChI is InChI=1S/C23H23N3S/c1-14(2)17-8-10-18(11-9-17)19-12-27-23-21(19)22(24-13-25-23)26-20-7-5-6-15(3)16(20)4/h5-14H,1-4H3,(H,24,25,26). The molecule has 0 spiro atoms. The van der Waals surface area contributed by atoms with Crippen molar-refractivity contribution in [1.29, 1.82) is 0 Å². The third-order valence-corrected chi connectivity index (χ3v) is 6.00. The average molecular weight is 374 g/mol. The summed E-state index contributed by atoms with van der Waals surface area (Å²) in [7, 11) is 0. The Morgan fingerprint density at radius 2 is 1.74 bits per heavy atom. The minimum Gasteiger partial charge on any atom is -0.339 e. The van der Waals surface area contributed by atoms with E-state index in [1.165, 1.54) is 27.8 Å². The molecule has 27 heavy (non-hydrogen) atoms. The van der Waals surface area contributed by atoms with Crippen molar-refractivity contribution in [2.75, 3.05) is 5.32 Å². The molecule has 4 heteroatoms. The van der Waals surface area contributed by atoms with Crippen molar-refractivity contribution in [1.82, 2.24) is 9.97 Å². The van der Waals surface area contributed by atoms with Crippen LogP contribution in [0.1, 0.15) is 36.5 Å². The Morgan fingerprint density at radius 3 is 2.48 bits per heavy atom. The fourth-order valence-corrected chi connectivity index (χ4v) is 4.16. The van der Waals surface area contributed by atoms with E-state index in [9.17, 15) is 0 Å². The first-order valence-corrected chi connectivity index (χ1v) is 10.1. The van der Waals surface area contributed by atoms with E-state index in [2.05, 4.69) is 90.8 Å². The summed E-state index contributed by atoms with van der Waals surface area (Å²) < 4.78 is 0. The van der Waals surface area contributed by atoms with Gasteiger partial charge in [-0.2, -0.15) is 0 Å². The second-order valence-corrected chi connectivity index (χ2v) is 8.06. The molecule has 0 radical (unpaired) electrons. The number of rotatable bonds is 4. The van der Waals surface area contributed by atoms with Crippen LogP contribution in [0.2, 0.25) is 0 Å². The van der Waals surface area contributed by atoms with Gasteiger partial charge in [0.25, 0.3) is 0 Å². The zero-order valence-corrected chi connectivity index (χ0v) is 16.9. The maximum Gasteiger partial charge on any atom is 0.143 e. The molecule has 4 aromatic rings. The van der Waals surface area contributed by atoms with Crippen molar-refractivity contribution in [3.8, 4) is 11.1 Å². The maximum absolute atomic E-state index is 4.56. The molecule has 2 aromatic carbocycles. The summed E-state index contributed by atoms with van der Waals surface area (Å²) in [6, 6.07) is 15.1. The van der Waals surface area contributed by atoms with Crippen LogP contribution in [-0.4, -0.2) is 9.97 Å². The number of nitrogens with zero attached hydrogens (tertiary/aromatic N) is 2. The van der Waals surface area contributed by atoms with E-state index in [0.29, 0.717) is 5.92 Å². The molecule has 0 amide bonds. The second kappa shape index (κ2) is 7.12. The lowest BCUT2D eigenvalue weighted by Crippen LogP contribution is -1.98. The second-order valence-electron chi connectivity index (χ2n) is 7.20. The summed E-state index contributed by atoms with van der Waals surface area (Å²) in [5.74, 6) is 1.39. The summed E-state index contributed by atoms with van der Waals surface area (Å²) in [5.41, 5.74) is 7.32. The molecular formula is C23H23N3S. The Bertz CT molecular complexity index is 1090. The Morgan fingerprint density at radius 1 is 0.963 bits per heavy atom. The zero-order chi connectivity index (χ0) is 19.0. The van der Waals surface area contributed by atoms with Crippen LogP contribution >= 0.6 is 11.3 Å². The topological polar surface area (TPSA) is 37.8 Å². The van der Waals surface area contributed by atoms with Crippen LogP contribution in [0.5, 0.6) is 0 Å². The first kappa shape index (κ1) is 17.7. The SMILES string of the molecule is Cc1cccc(Nc2ncnc3scc(-c4ccc(C(C)C)cc4)c23)c1C. The predicted molar refractivity (Wildman–Crippen MR) is 116 cm³/mol. The number of aryl methyl sites for hydroxylation is 1. The highest BCUT2D eigenvalue weighted by molar-refractivity contribution is 7.17. The van der Waals surface area contributed by atoms with Crippen molar-refractivity contribution in [2.24, 2.45) is 0 Å². The molecule has 3 nitrogen and oxygen atoms in total. The molecule has 2 aromatic heterocycles. The summed E-state index contributed by atoms with van der Waals surface area (Å²) in [6.45, 7) is 8.70. The van der Waals surface area contributed by atoms with Crippen LogP contribution in [-0.2, 0) is 0 Å². The van der Waals surface area contributed by atoms with Crippen molar-refractivity contribution in [3.63, 3.8) is 0 Å². The van der Waals surface area contributed by atoms with Crippen LogP contribution in [0, 0.1) is 13.8 Å². The van der Waals surface area contributed by atoms with Crippen LogP contribution < -0.4 is 5.32 Å². The zero-order valence-electron chi connectivity index (χ0n) is 16.1. The fraction of sp³-hybridized carbons (Fsp3) is 0.217. The van der Waals surface area contributed by atoms with Crippen molar-refractivity contribution < 1.29 is 0 Å². The molecule has 0 aliphatic heterocycles. The molecule has 136 valence electrons. The fourth-order valence-electron chi connectivity index (χ4n) is 3.24. The lowest BCUT2D eigenvalue weighted by atomic mass is 9.99. The highest BCUT2D eigenvalue weighted by Crippen LogP contribution is 2.38. The highest BCUT2D eigenvalue weighted by atomic mass is 32.1. The van der Waals surface area contributed by atoms with E-state index in [4.69, 9.17) is 0 Å². The lowest BCUT2D eigenvalue weighted by molar-refractivity contribution is 0.867. The monoisotopic (exact) mass is 373 g/mol. The van der Waals surface area contributed by atoms with Crippen LogP contribution in [0.3, 0.4) is 0 Å². The first-order chi connectivity index (χ1) is 13.0. The van der Waals surface area contributed by atoms with E-state index >= 15 is 0 Å². The number of nitrogens with one attached hydrogen (secondary N) is 1. The van der Waals surface area contributed by atoms with Crippen LogP contribution in [0.4, 0.5) is 11.5 Å². The largest absolute Gasteiger partial charge is 0.339 e. The smallest absolute Gasteiger partial charge is 0.143 e. The molecule has 0 saturated heterocycles. The molecule has 0 bridgehead atoms. The van der Waals surface area contributed by atoms with Gasteiger partial charge in [0.1, 0.15) is 17.0 Å². The van der Waals surface area contributed by atoms with Gasteiger partial charge < -0.3 is 5.32 Å². The quantitative estimate of drug-likeness (QED) is 0.425. The van der Waals surface area contributed by atoms with Gasteiger partial charge in [-0.3, -0.25) is 0 Å². The van der Waals surface area contributed by atoms with Crippen molar-refractivity contribution in [2.45, 2.75) is 33.6 Å². The van der Waals surface area contributed by atoms with E-state index in [1.54, 1.807) is 17.7 Å². The van der Waals surface area contributed by atoms with Crippen molar-refractivity contribution in [3.05, 3.63) is 70.9 Å². The summed E-state index contributed by atoms with van der Waals surface area (Å²) in [4.78, 5) is 10.0. The number of anilines is 2. The van der Waals surface area contributed by atoms with E-state index in [-0.39, 0.29) is 0 Å². The number of benzene rings is 2. The normalized spacial score (nSPS) is 11.3. The molecule has 1 N–H and O–H groups in total. The molecular weight excluding hydrogens is 350 g/mol. The molecule has 0 unspecified atom stereocenters. The molecule has 0 saturated carbocycles. The van der Waals surface area contributed by atoms with Gasteiger partial charge in [0.2, 0.25) is 0 Å². The molecule has 2 heterocycles. The van der Waals surface area contributed by atoms with Gasteiger partial charge in [0, 0.05) is 16.6 Å². The van der Waals surface area contributed by atoms with Crippen LogP contribution in [0.15, 0.2) is 54.2 Å². The van der Waals surface area contributed by atoms with Gasteiger partial charge in [-0.15, -0.1) is 11.3 Å². The Balaban J connectivity index is 1.81. The van der Waals surface area contributed by atoms with E-state index < -0.39 is 0 Å².